The van der Waals surface area contributed by atoms with Gasteiger partial charge in [-0.2, -0.15) is 5.56 Å². The molecule has 0 fully saturated rings. The zero-order chi connectivity index (χ0) is 34.9. The third-order valence-corrected chi connectivity index (χ3v) is 10.5. The minimum atomic E-state index is -0.646. The van der Waals surface area contributed by atoms with Gasteiger partial charge >= 0.3 is 21.1 Å². The van der Waals surface area contributed by atoms with Crippen molar-refractivity contribution >= 4 is 27.8 Å². The van der Waals surface area contributed by atoms with E-state index in [1.165, 1.54) is 10.9 Å². The molecule has 0 N–H and O–H groups in total. The Morgan fingerprint density at radius 1 is 0.840 bits per heavy atom. The Labute approximate surface area is 311 Å². The molecule has 1 aliphatic rings. The smallest absolute Gasteiger partial charge is 0.508 e. The molecule has 7 rings (SSSR count). The van der Waals surface area contributed by atoms with E-state index in [1.807, 2.05) is 31.3 Å². The van der Waals surface area contributed by atoms with Crippen molar-refractivity contribution < 1.29 is 30.5 Å². The summed E-state index contributed by atoms with van der Waals surface area (Å²) in [5.41, 5.74) is 8.01. The number of benzene rings is 4. The molecule has 0 radical (unpaired) electrons. The van der Waals surface area contributed by atoms with Crippen molar-refractivity contribution in [3.8, 4) is 17.2 Å². The van der Waals surface area contributed by atoms with E-state index >= 15 is 0 Å². The quantitative estimate of drug-likeness (QED) is 0.157. The summed E-state index contributed by atoms with van der Waals surface area (Å²) in [6.45, 7) is 21.7. The standard InChI is InChI=1S/C44H45N3O2.Pt/c1-27(2)43(9)44(10,31-15-12-11-13-16-31)49-41(46-43)36-26-39(30(5)23-29(36)4)48-34-22-28(3)21-33(25-34)47-38-19-18-32(42(6,7)8)24-37(38)35-17-14-20-45-40(35)47;/h11-24,27H,1-10H3;/q-2;+2/t43-,44-;/m1./s1. The first-order valence-electron chi connectivity index (χ1n) is 17.2. The van der Waals surface area contributed by atoms with Crippen LogP contribution in [-0.2, 0) is 36.8 Å². The van der Waals surface area contributed by atoms with Crippen molar-refractivity contribution in [2.45, 2.75) is 85.8 Å². The van der Waals surface area contributed by atoms with Gasteiger partial charge in [0.15, 0.2) is 0 Å². The molecular formula is C44H45N3O2Pt. The average Bonchev–Trinajstić information content (AvgIpc) is 3.54. The molecule has 6 aromatic rings. The van der Waals surface area contributed by atoms with Crippen LogP contribution in [0.25, 0.3) is 27.6 Å². The van der Waals surface area contributed by atoms with Crippen LogP contribution in [0.1, 0.15) is 81.8 Å². The van der Waals surface area contributed by atoms with E-state index in [2.05, 4.69) is 140 Å². The number of pyridine rings is 1. The Kier molecular flexibility index (Phi) is 9.14. The van der Waals surface area contributed by atoms with E-state index in [4.69, 9.17) is 19.5 Å². The fourth-order valence-electron chi connectivity index (χ4n) is 7.14. The van der Waals surface area contributed by atoms with E-state index in [9.17, 15) is 0 Å². The molecule has 0 saturated heterocycles. The Balaban J connectivity index is 0.00000432. The monoisotopic (exact) mass is 842 g/mol. The van der Waals surface area contributed by atoms with Gasteiger partial charge < -0.3 is 14.0 Å². The van der Waals surface area contributed by atoms with E-state index < -0.39 is 11.1 Å². The number of rotatable bonds is 6. The molecule has 5 nitrogen and oxygen atoms in total. The summed E-state index contributed by atoms with van der Waals surface area (Å²) in [6, 6.07) is 34.7. The molecule has 2 atom stereocenters. The summed E-state index contributed by atoms with van der Waals surface area (Å²) in [5.74, 6) is 2.04. The van der Waals surface area contributed by atoms with Crippen molar-refractivity contribution in [1.82, 2.24) is 9.55 Å². The van der Waals surface area contributed by atoms with Crippen LogP contribution in [0.4, 0.5) is 0 Å². The summed E-state index contributed by atoms with van der Waals surface area (Å²) in [5, 5.41) is 2.29. The van der Waals surface area contributed by atoms with Gasteiger partial charge in [-0.15, -0.1) is 29.8 Å². The summed E-state index contributed by atoms with van der Waals surface area (Å²) in [4.78, 5) is 10.1. The topological polar surface area (TPSA) is 48.6 Å². The Morgan fingerprint density at radius 3 is 2.28 bits per heavy atom. The minimum absolute atomic E-state index is 0. The number of aliphatic imine (C=N–C) groups is 1. The van der Waals surface area contributed by atoms with Crippen LogP contribution in [0.5, 0.6) is 11.5 Å². The number of fused-ring (bicyclic) bond motifs is 3. The molecule has 50 heavy (non-hydrogen) atoms. The van der Waals surface area contributed by atoms with E-state index in [-0.39, 0.29) is 32.4 Å². The SMILES string of the molecule is Cc1cc(Oc2[c-]c(C3=N[C@](C)(C(C)C)[C@@](C)(c4ccccc4)O3)c(C)cc2C)[c-]c(-n2c3ccc(C(C)(C)C)cc3c3cccnc32)c1.[Pt+2]. The molecule has 1 aliphatic heterocycles. The molecule has 0 aliphatic carbocycles. The normalized spacial score (nSPS) is 19.1. The maximum absolute atomic E-state index is 6.87. The second-order valence-corrected chi connectivity index (χ2v) is 15.3. The van der Waals surface area contributed by atoms with Crippen LogP contribution in [0.15, 0.2) is 90.1 Å². The first-order valence-corrected chi connectivity index (χ1v) is 17.2. The van der Waals surface area contributed by atoms with Crippen molar-refractivity contribution in [3.63, 3.8) is 0 Å². The predicted molar refractivity (Wildman–Crippen MR) is 200 cm³/mol. The third kappa shape index (κ3) is 5.88. The molecule has 258 valence electrons. The molecule has 0 saturated carbocycles. The molecular weight excluding hydrogens is 798 g/mol. The first kappa shape index (κ1) is 35.6. The summed E-state index contributed by atoms with van der Waals surface area (Å²) in [6.07, 6.45) is 1.85. The van der Waals surface area contributed by atoms with Crippen LogP contribution in [0.2, 0.25) is 0 Å². The number of nitrogens with zero attached hydrogens (tertiary/aromatic N) is 3. The van der Waals surface area contributed by atoms with Gasteiger partial charge in [-0.05, 0) is 60.6 Å². The fraction of sp³-hybridized carbons (Fsp3) is 0.318. The molecule has 2 aromatic heterocycles. The van der Waals surface area contributed by atoms with Gasteiger partial charge in [-0.25, -0.2) is 4.98 Å². The van der Waals surface area contributed by atoms with Gasteiger partial charge in [0.05, 0.1) is 11.1 Å². The number of hydrogen-bond acceptors (Lipinski definition) is 4. The molecule has 6 heteroatoms. The number of aromatic nitrogens is 2. The van der Waals surface area contributed by atoms with Crippen molar-refractivity contribution in [1.29, 1.82) is 0 Å². The maximum atomic E-state index is 6.87. The van der Waals surface area contributed by atoms with Crippen LogP contribution in [0.3, 0.4) is 0 Å². The summed E-state index contributed by atoms with van der Waals surface area (Å²) in [7, 11) is 0. The second-order valence-electron chi connectivity index (χ2n) is 15.3. The summed E-state index contributed by atoms with van der Waals surface area (Å²) < 4.78 is 15.7. The Hall–Kier alpha value is -4.21. The van der Waals surface area contributed by atoms with Crippen molar-refractivity contribution in [2.75, 3.05) is 0 Å². The molecule has 0 spiro atoms. The predicted octanol–water partition coefficient (Wildman–Crippen LogP) is 10.9. The van der Waals surface area contributed by atoms with Crippen LogP contribution < -0.4 is 4.74 Å². The van der Waals surface area contributed by atoms with E-state index in [0.717, 1.165) is 50.1 Å². The van der Waals surface area contributed by atoms with Gasteiger partial charge in [0.2, 0.25) is 0 Å². The maximum Gasteiger partial charge on any atom is 2.00 e. The molecule has 0 amide bonds. The van der Waals surface area contributed by atoms with Crippen molar-refractivity contribution in [3.05, 3.63) is 131 Å². The van der Waals surface area contributed by atoms with Gasteiger partial charge in [-0.1, -0.05) is 115 Å². The minimum Gasteiger partial charge on any atom is -0.508 e. The van der Waals surface area contributed by atoms with Crippen molar-refractivity contribution in [2.24, 2.45) is 10.9 Å². The Bertz CT molecular complexity index is 2260. The number of aryl methyl sites for hydroxylation is 3. The fourth-order valence-corrected chi connectivity index (χ4v) is 7.14. The van der Waals surface area contributed by atoms with Crippen LogP contribution in [-0.4, -0.2) is 21.0 Å². The summed E-state index contributed by atoms with van der Waals surface area (Å²) >= 11 is 0. The van der Waals surface area contributed by atoms with E-state index in [0.29, 0.717) is 17.4 Å². The molecule has 4 aromatic carbocycles. The Morgan fingerprint density at radius 2 is 1.58 bits per heavy atom. The zero-order valence-electron chi connectivity index (χ0n) is 30.6. The number of hydrogen-bond donors (Lipinski definition) is 0. The molecule has 0 unspecified atom stereocenters. The van der Waals surface area contributed by atoms with Gasteiger partial charge in [-0.3, -0.25) is 4.99 Å². The largest absolute Gasteiger partial charge is 2.00 e. The second kappa shape index (κ2) is 12.8. The number of ether oxygens (including phenoxy) is 2. The first-order chi connectivity index (χ1) is 23.2. The molecule has 0 bridgehead atoms. The van der Waals surface area contributed by atoms with Crippen LogP contribution >= 0.6 is 0 Å². The van der Waals surface area contributed by atoms with Crippen LogP contribution in [0, 0.1) is 38.8 Å². The zero-order valence-corrected chi connectivity index (χ0v) is 32.9. The third-order valence-electron chi connectivity index (χ3n) is 10.5. The van der Waals surface area contributed by atoms with E-state index in [1.54, 1.807) is 0 Å². The average molecular weight is 843 g/mol. The van der Waals surface area contributed by atoms with Gasteiger partial charge in [0, 0.05) is 28.5 Å². The van der Waals surface area contributed by atoms with Gasteiger partial charge in [0.1, 0.15) is 17.1 Å². The van der Waals surface area contributed by atoms with Gasteiger partial charge in [0.25, 0.3) is 0 Å². The molecule has 3 heterocycles.